The Bertz CT molecular complexity index is 843. The molecule has 3 aromatic heterocycles. The summed E-state index contributed by atoms with van der Waals surface area (Å²) < 4.78 is 7.66. The molecular formula is C15H14ClN5O. The number of fused-ring (bicyclic) bond motifs is 1. The molecule has 0 atom stereocenters. The van der Waals surface area contributed by atoms with Crippen LogP contribution in [0.2, 0.25) is 5.02 Å². The normalized spacial score (nSPS) is 15.0. The molecule has 7 heteroatoms. The van der Waals surface area contributed by atoms with E-state index in [9.17, 15) is 0 Å². The molecule has 0 radical (unpaired) electrons. The molecule has 1 aliphatic rings. The predicted octanol–water partition coefficient (Wildman–Crippen LogP) is 2.10. The van der Waals surface area contributed by atoms with Gasteiger partial charge in [0.25, 0.3) is 0 Å². The first-order valence-corrected chi connectivity index (χ1v) is 7.42. The second-order valence-corrected chi connectivity index (χ2v) is 5.71. The zero-order chi connectivity index (χ0) is 15.1. The zero-order valence-electron chi connectivity index (χ0n) is 12.0. The number of aromatic nitrogens is 4. The first kappa shape index (κ1) is 13.5. The number of nitrogens with one attached hydrogen (secondary N) is 1. The number of hydrogen-bond acceptors (Lipinski definition) is 5. The lowest BCUT2D eigenvalue weighted by Crippen LogP contribution is -2.50. The second kappa shape index (κ2) is 5.23. The van der Waals surface area contributed by atoms with Gasteiger partial charge in [-0.2, -0.15) is 4.98 Å². The molecule has 0 bridgehead atoms. The van der Waals surface area contributed by atoms with Gasteiger partial charge in [-0.15, -0.1) is 0 Å². The molecule has 3 aromatic rings. The van der Waals surface area contributed by atoms with E-state index < -0.39 is 0 Å². The van der Waals surface area contributed by atoms with Crippen LogP contribution in [-0.4, -0.2) is 38.5 Å². The SMILES string of the molecule is Cc1cn2cc(-c3nccc(OC4CNC4)n3)cc(Cl)c2n1. The third kappa shape index (κ3) is 2.40. The lowest BCUT2D eigenvalue weighted by Gasteiger charge is -2.27. The highest BCUT2D eigenvalue weighted by Gasteiger charge is 2.19. The van der Waals surface area contributed by atoms with E-state index in [0.29, 0.717) is 16.7 Å². The van der Waals surface area contributed by atoms with Gasteiger partial charge in [-0.1, -0.05) is 11.6 Å². The number of rotatable bonds is 3. The fourth-order valence-electron chi connectivity index (χ4n) is 2.36. The smallest absolute Gasteiger partial charge is 0.217 e. The number of imidazole rings is 1. The van der Waals surface area contributed by atoms with Gasteiger partial charge in [0.05, 0.1) is 10.7 Å². The molecule has 112 valence electrons. The van der Waals surface area contributed by atoms with Crippen molar-refractivity contribution in [1.82, 2.24) is 24.7 Å². The summed E-state index contributed by atoms with van der Waals surface area (Å²) in [6.45, 7) is 3.64. The Morgan fingerprint density at radius 2 is 2.18 bits per heavy atom. The highest BCUT2D eigenvalue weighted by Crippen LogP contribution is 2.25. The number of ether oxygens (including phenoxy) is 1. The largest absolute Gasteiger partial charge is 0.472 e. The van der Waals surface area contributed by atoms with Crippen LogP contribution in [0.3, 0.4) is 0 Å². The van der Waals surface area contributed by atoms with Crippen LogP contribution in [0.5, 0.6) is 5.88 Å². The van der Waals surface area contributed by atoms with Crippen molar-refractivity contribution in [2.45, 2.75) is 13.0 Å². The lowest BCUT2D eigenvalue weighted by molar-refractivity contribution is 0.136. The van der Waals surface area contributed by atoms with Gasteiger partial charge in [-0.05, 0) is 13.0 Å². The molecule has 0 spiro atoms. The van der Waals surface area contributed by atoms with E-state index in [1.165, 1.54) is 0 Å². The number of halogens is 1. The van der Waals surface area contributed by atoms with Gasteiger partial charge in [0.1, 0.15) is 6.10 Å². The van der Waals surface area contributed by atoms with Crippen molar-refractivity contribution in [2.24, 2.45) is 0 Å². The predicted molar refractivity (Wildman–Crippen MR) is 83.3 cm³/mol. The van der Waals surface area contributed by atoms with Crippen molar-refractivity contribution < 1.29 is 4.74 Å². The molecular weight excluding hydrogens is 302 g/mol. The third-order valence-electron chi connectivity index (χ3n) is 3.55. The van der Waals surface area contributed by atoms with Gasteiger partial charge in [0, 0.05) is 43.3 Å². The summed E-state index contributed by atoms with van der Waals surface area (Å²) in [5, 5.41) is 3.73. The summed E-state index contributed by atoms with van der Waals surface area (Å²) in [4.78, 5) is 13.2. The summed E-state index contributed by atoms with van der Waals surface area (Å²) in [6, 6.07) is 3.59. The Kier molecular flexibility index (Phi) is 3.20. The number of nitrogens with zero attached hydrogens (tertiary/aromatic N) is 4. The van der Waals surface area contributed by atoms with Crippen molar-refractivity contribution in [3.8, 4) is 17.3 Å². The van der Waals surface area contributed by atoms with Gasteiger partial charge in [-0.25, -0.2) is 9.97 Å². The van der Waals surface area contributed by atoms with Crippen LogP contribution in [0.25, 0.3) is 17.0 Å². The van der Waals surface area contributed by atoms with Crippen molar-refractivity contribution >= 4 is 17.2 Å². The summed E-state index contributed by atoms with van der Waals surface area (Å²) in [6.07, 6.45) is 5.72. The van der Waals surface area contributed by atoms with Crippen molar-refractivity contribution in [3.05, 3.63) is 41.4 Å². The molecule has 1 N–H and O–H groups in total. The minimum Gasteiger partial charge on any atom is -0.472 e. The maximum Gasteiger partial charge on any atom is 0.217 e. The van der Waals surface area contributed by atoms with E-state index in [1.807, 2.05) is 29.8 Å². The van der Waals surface area contributed by atoms with Gasteiger partial charge >= 0.3 is 0 Å². The highest BCUT2D eigenvalue weighted by molar-refractivity contribution is 6.33. The zero-order valence-corrected chi connectivity index (χ0v) is 12.7. The Morgan fingerprint density at radius 1 is 1.32 bits per heavy atom. The number of hydrogen-bond donors (Lipinski definition) is 1. The second-order valence-electron chi connectivity index (χ2n) is 5.31. The summed E-state index contributed by atoms with van der Waals surface area (Å²) in [5.74, 6) is 1.16. The standard InChI is InChI=1S/C15H14ClN5O/c1-9-7-21-8-10(4-12(16)15(21)19-9)14-18-3-2-13(20-14)22-11-5-17-6-11/h2-4,7-8,11,17H,5-6H2,1H3. The van der Waals surface area contributed by atoms with Crippen molar-refractivity contribution in [3.63, 3.8) is 0 Å². The lowest BCUT2D eigenvalue weighted by atomic mass is 10.2. The molecule has 1 fully saturated rings. The van der Waals surface area contributed by atoms with Crippen LogP contribution < -0.4 is 10.1 Å². The molecule has 4 rings (SSSR count). The van der Waals surface area contributed by atoms with Crippen LogP contribution in [0.4, 0.5) is 0 Å². The first-order valence-electron chi connectivity index (χ1n) is 7.05. The van der Waals surface area contributed by atoms with Gasteiger partial charge in [0.15, 0.2) is 11.5 Å². The number of pyridine rings is 1. The molecule has 6 nitrogen and oxygen atoms in total. The molecule has 4 heterocycles. The third-order valence-corrected chi connectivity index (χ3v) is 3.82. The molecule has 0 unspecified atom stereocenters. The van der Waals surface area contributed by atoms with Crippen LogP contribution >= 0.6 is 11.6 Å². The molecule has 0 aromatic carbocycles. The van der Waals surface area contributed by atoms with E-state index in [1.54, 1.807) is 12.3 Å². The quantitative estimate of drug-likeness (QED) is 0.802. The highest BCUT2D eigenvalue weighted by atomic mass is 35.5. The Hall–Kier alpha value is -2.18. The molecule has 22 heavy (non-hydrogen) atoms. The van der Waals surface area contributed by atoms with Crippen LogP contribution in [-0.2, 0) is 0 Å². The van der Waals surface area contributed by atoms with Crippen LogP contribution in [0.1, 0.15) is 5.69 Å². The van der Waals surface area contributed by atoms with E-state index in [2.05, 4.69) is 20.3 Å². The van der Waals surface area contributed by atoms with Crippen LogP contribution in [0.15, 0.2) is 30.7 Å². The average molecular weight is 316 g/mol. The van der Waals surface area contributed by atoms with E-state index in [-0.39, 0.29) is 6.10 Å². The topological polar surface area (TPSA) is 64.3 Å². The maximum atomic E-state index is 6.30. The Labute approximate surface area is 132 Å². The Morgan fingerprint density at radius 3 is 2.95 bits per heavy atom. The van der Waals surface area contributed by atoms with Gasteiger partial charge in [-0.3, -0.25) is 0 Å². The summed E-state index contributed by atoms with van der Waals surface area (Å²) in [5.41, 5.74) is 2.47. The van der Waals surface area contributed by atoms with E-state index in [0.717, 1.165) is 30.0 Å². The molecule has 0 saturated carbocycles. The minimum absolute atomic E-state index is 0.185. The van der Waals surface area contributed by atoms with Gasteiger partial charge in [0.2, 0.25) is 5.88 Å². The maximum absolute atomic E-state index is 6.30. The minimum atomic E-state index is 0.185. The summed E-state index contributed by atoms with van der Waals surface area (Å²) >= 11 is 6.30. The van der Waals surface area contributed by atoms with Crippen LogP contribution in [0, 0.1) is 6.92 Å². The monoisotopic (exact) mass is 315 g/mol. The molecule has 1 saturated heterocycles. The van der Waals surface area contributed by atoms with Gasteiger partial charge < -0.3 is 14.5 Å². The fourth-order valence-corrected chi connectivity index (χ4v) is 2.62. The molecule has 1 aliphatic heterocycles. The van der Waals surface area contributed by atoms with E-state index >= 15 is 0 Å². The first-order chi connectivity index (χ1) is 10.7. The average Bonchev–Trinajstić information content (AvgIpc) is 2.84. The van der Waals surface area contributed by atoms with Crippen molar-refractivity contribution in [1.29, 1.82) is 0 Å². The van der Waals surface area contributed by atoms with E-state index in [4.69, 9.17) is 16.3 Å². The van der Waals surface area contributed by atoms with Crippen molar-refractivity contribution in [2.75, 3.05) is 13.1 Å². The Balaban J connectivity index is 1.72. The molecule has 0 aliphatic carbocycles. The molecule has 0 amide bonds. The summed E-state index contributed by atoms with van der Waals surface area (Å²) in [7, 11) is 0. The number of aryl methyl sites for hydroxylation is 1. The fraction of sp³-hybridized carbons (Fsp3) is 0.267.